The minimum Gasteiger partial charge on any atom is -0.378 e. The van der Waals surface area contributed by atoms with Crippen LogP contribution in [0.2, 0.25) is 0 Å². The van der Waals surface area contributed by atoms with Gasteiger partial charge in [0.25, 0.3) is 10.0 Å². The molecule has 0 aliphatic carbocycles. The second-order valence-electron chi connectivity index (χ2n) is 5.77. The molecule has 1 fully saturated rings. The van der Waals surface area contributed by atoms with E-state index in [1.165, 1.54) is 12.1 Å². The first kappa shape index (κ1) is 18.6. The molecule has 26 heavy (non-hydrogen) atoms. The molecule has 3 N–H and O–H groups in total. The van der Waals surface area contributed by atoms with Gasteiger partial charge in [-0.1, -0.05) is 0 Å². The van der Waals surface area contributed by atoms with Crippen molar-refractivity contribution in [2.75, 3.05) is 35.9 Å². The van der Waals surface area contributed by atoms with Crippen molar-refractivity contribution in [3.8, 4) is 0 Å². The summed E-state index contributed by atoms with van der Waals surface area (Å²) in [6, 6.07) is 11.8. The van der Waals surface area contributed by atoms with Crippen LogP contribution in [0.5, 0.6) is 0 Å². The van der Waals surface area contributed by atoms with Crippen molar-refractivity contribution >= 4 is 31.4 Å². The molecule has 0 amide bonds. The maximum Gasteiger partial charge on any atom is 0.261 e. The van der Waals surface area contributed by atoms with Gasteiger partial charge in [0.05, 0.1) is 23.0 Å². The second kappa shape index (κ2) is 7.23. The summed E-state index contributed by atoms with van der Waals surface area (Å²) in [6.07, 6.45) is 0. The van der Waals surface area contributed by atoms with Crippen molar-refractivity contribution in [2.24, 2.45) is 5.14 Å². The first-order valence-electron chi connectivity index (χ1n) is 7.84. The zero-order chi connectivity index (χ0) is 18.8. The summed E-state index contributed by atoms with van der Waals surface area (Å²) in [5.41, 5.74) is 1.41. The van der Waals surface area contributed by atoms with E-state index in [-0.39, 0.29) is 9.79 Å². The molecule has 0 unspecified atom stereocenters. The van der Waals surface area contributed by atoms with Gasteiger partial charge in [-0.3, -0.25) is 4.72 Å². The zero-order valence-electron chi connectivity index (χ0n) is 13.8. The molecule has 1 aliphatic rings. The number of benzene rings is 2. The number of nitrogens with one attached hydrogen (secondary N) is 1. The van der Waals surface area contributed by atoms with Crippen LogP contribution in [0.1, 0.15) is 0 Å². The Morgan fingerprint density at radius 1 is 0.846 bits per heavy atom. The van der Waals surface area contributed by atoms with Crippen LogP contribution in [0, 0.1) is 0 Å². The highest BCUT2D eigenvalue weighted by Crippen LogP contribution is 2.22. The molecule has 1 heterocycles. The Labute approximate surface area is 152 Å². The van der Waals surface area contributed by atoms with Crippen molar-refractivity contribution < 1.29 is 21.6 Å². The van der Waals surface area contributed by atoms with Crippen LogP contribution in [-0.2, 0) is 24.8 Å². The Hall–Kier alpha value is -2.14. The topological polar surface area (TPSA) is 119 Å². The summed E-state index contributed by atoms with van der Waals surface area (Å²) in [5, 5.41) is 5.01. The standard InChI is InChI=1S/C16H19N3O5S2/c17-25(20,21)15-5-7-16(8-6-15)26(22,23)18-13-1-3-14(4-2-13)19-9-11-24-12-10-19/h1-8,18H,9-12H2,(H2,17,20,21). The molecule has 0 radical (unpaired) electrons. The lowest BCUT2D eigenvalue weighted by Gasteiger charge is -2.28. The van der Waals surface area contributed by atoms with Gasteiger partial charge in [0.1, 0.15) is 0 Å². The van der Waals surface area contributed by atoms with Crippen molar-refractivity contribution in [3.63, 3.8) is 0 Å². The summed E-state index contributed by atoms with van der Waals surface area (Å²) in [4.78, 5) is 1.96. The number of primary sulfonamides is 1. The zero-order valence-corrected chi connectivity index (χ0v) is 15.5. The van der Waals surface area contributed by atoms with Gasteiger partial charge in [-0.25, -0.2) is 22.0 Å². The lowest BCUT2D eigenvalue weighted by atomic mass is 10.2. The van der Waals surface area contributed by atoms with Crippen LogP contribution in [0.3, 0.4) is 0 Å². The van der Waals surface area contributed by atoms with Gasteiger partial charge in [-0.2, -0.15) is 0 Å². The van der Waals surface area contributed by atoms with E-state index in [1.54, 1.807) is 12.1 Å². The lowest BCUT2D eigenvalue weighted by Crippen LogP contribution is -2.36. The lowest BCUT2D eigenvalue weighted by molar-refractivity contribution is 0.122. The molecular formula is C16H19N3O5S2. The van der Waals surface area contributed by atoms with Gasteiger partial charge in [-0.15, -0.1) is 0 Å². The fraction of sp³-hybridized carbons (Fsp3) is 0.250. The molecule has 10 heteroatoms. The number of hydrogen-bond donors (Lipinski definition) is 2. The van der Waals surface area contributed by atoms with E-state index in [2.05, 4.69) is 9.62 Å². The first-order chi connectivity index (χ1) is 12.3. The number of hydrogen-bond acceptors (Lipinski definition) is 6. The fourth-order valence-corrected chi connectivity index (χ4v) is 4.16. The Balaban J connectivity index is 1.74. The number of morpholine rings is 1. The molecule has 0 aromatic heterocycles. The predicted octanol–water partition coefficient (Wildman–Crippen LogP) is 0.971. The van der Waals surface area contributed by atoms with Gasteiger partial charge in [0.2, 0.25) is 10.0 Å². The molecule has 2 aromatic rings. The van der Waals surface area contributed by atoms with Gasteiger partial charge < -0.3 is 9.64 Å². The molecule has 0 saturated carbocycles. The number of nitrogens with zero attached hydrogens (tertiary/aromatic N) is 1. The minimum atomic E-state index is -3.87. The van der Waals surface area contributed by atoms with Crippen molar-refractivity contribution in [1.29, 1.82) is 0 Å². The molecule has 0 atom stereocenters. The van der Waals surface area contributed by atoms with Crippen LogP contribution in [-0.4, -0.2) is 43.1 Å². The van der Waals surface area contributed by atoms with E-state index in [1.807, 2.05) is 12.1 Å². The molecule has 8 nitrogen and oxygen atoms in total. The number of rotatable bonds is 5. The Kier molecular flexibility index (Phi) is 5.19. The van der Waals surface area contributed by atoms with Crippen molar-refractivity contribution in [2.45, 2.75) is 9.79 Å². The van der Waals surface area contributed by atoms with Gasteiger partial charge >= 0.3 is 0 Å². The first-order valence-corrected chi connectivity index (χ1v) is 10.9. The average Bonchev–Trinajstić information content (AvgIpc) is 2.62. The normalized spacial score (nSPS) is 15.7. The van der Waals surface area contributed by atoms with Crippen LogP contribution in [0.4, 0.5) is 11.4 Å². The average molecular weight is 397 g/mol. The Morgan fingerprint density at radius 3 is 1.92 bits per heavy atom. The molecule has 3 rings (SSSR count). The summed E-state index contributed by atoms with van der Waals surface area (Å²) in [6.45, 7) is 2.93. The van der Waals surface area contributed by atoms with Crippen molar-refractivity contribution in [1.82, 2.24) is 0 Å². The Morgan fingerprint density at radius 2 is 1.38 bits per heavy atom. The molecule has 0 bridgehead atoms. The van der Waals surface area contributed by atoms with Crippen molar-refractivity contribution in [3.05, 3.63) is 48.5 Å². The van der Waals surface area contributed by atoms with Crippen LogP contribution in [0.15, 0.2) is 58.3 Å². The van der Waals surface area contributed by atoms with E-state index in [0.29, 0.717) is 18.9 Å². The van der Waals surface area contributed by atoms with Crippen LogP contribution in [0.25, 0.3) is 0 Å². The van der Waals surface area contributed by atoms with E-state index < -0.39 is 20.0 Å². The Bertz CT molecular complexity index is 966. The maximum absolute atomic E-state index is 12.4. The second-order valence-corrected chi connectivity index (χ2v) is 9.01. The molecule has 1 aliphatic heterocycles. The third kappa shape index (κ3) is 4.33. The van der Waals surface area contributed by atoms with E-state index in [9.17, 15) is 16.8 Å². The fourth-order valence-electron chi connectivity index (χ4n) is 2.58. The number of nitrogens with two attached hydrogens (primary N) is 1. The van der Waals surface area contributed by atoms with E-state index in [4.69, 9.17) is 9.88 Å². The molecule has 2 aromatic carbocycles. The highest BCUT2D eigenvalue weighted by Gasteiger charge is 2.17. The largest absolute Gasteiger partial charge is 0.378 e. The summed E-state index contributed by atoms with van der Waals surface area (Å²) < 4.78 is 55.1. The summed E-state index contributed by atoms with van der Waals surface area (Å²) in [5.74, 6) is 0. The molecule has 140 valence electrons. The van der Waals surface area contributed by atoms with Crippen LogP contribution >= 0.6 is 0 Å². The van der Waals surface area contributed by atoms with Gasteiger partial charge in [0.15, 0.2) is 0 Å². The molecule has 1 saturated heterocycles. The smallest absolute Gasteiger partial charge is 0.261 e. The summed E-state index contributed by atoms with van der Waals surface area (Å²) in [7, 11) is -7.70. The van der Waals surface area contributed by atoms with Gasteiger partial charge in [-0.05, 0) is 48.5 Å². The highest BCUT2D eigenvalue weighted by molar-refractivity contribution is 7.92. The SMILES string of the molecule is NS(=O)(=O)c1ccc(S(=O)(=O)Nc2ccc(N3CCOCC3)cc2)cc1. The molecular weight excluding hydrogens is 378 g/mol. The quantitative estimate of drug-likeness (QED) is 0.776. The maximum atomic E-state index is 12.4. The van der Waals surface area contributed by atoms with Gasteiger partial charge in [0, 0.05) is 24.5 Å². The highest BCUT2D eigenvalue weighted by atomic mass is 32.2. The summed E-state index contributed by atoms with van der Waals surface area (Å²) >= 11 is 0. The van der Waals surface area contributed by atoms with E-state index >= 15 is 0 Å². The number of anilines is 2. The van der Waals surface area contributed by atoms with E-state index in [0.717, 1.165) is 30.9 Å². The third-order valence-electron chi connectivity index (χ3n) is 3.96. The van der Waals surface area contributed by atoms with Crippen LogP contribution < -0.4 is 14.8 Å². The number of sulfonamides is 2. The predicted molar refractivity (Wildman–Crippen MR) is 98.1 cm³/mol. The monoisotopic (exact) mass is 397 g/mol. The molecule has 0 spiro atoms. The third-order valence-corrected chi connectivity index (χ3v) is 6.28. The number of ether oxygens (including phenoxy) is 1. The minimum absolute atomic E-state index is 0.0536.